The van der Waals surface area contributed by atoms with Crippen LogP contribution in [-0.4, -0.2) is 11.9 Å². The van der Waals surface area contributed by atoms with Gasteiger partial charge in [0.25, 0.3) is 0 Å². The van der Waals surface area contributed by atoms with Gasteiger partial charge in [0.2, 0.25) is 5.91 Å². The van der Waals surface area contributed by atoms with Gasteiger partial charge in [-0.25, -0.2) is 4.79 Å². The molecule has 0 aromatic heterocycles. The monoisotopic (exact) mass is 313 g/mol. The Morgan fingerprint density at radius 1 is 1.14 bits per heavy atom. The van der Waals surface area contributed by atoms with E-state index in [0.717, 1.165) is 30.7 Å². The molecule has 4 nitrogen and oxygen atoms in total. The van der Waals surface area contributed by atoms with Crippen molar-refractivity contribution in [3.8, 4) is 0 Å². The summed E-state index contributed by atoms with van der Waals surface area (Å²) in [6.45, 7) is 0. The maximum atomic E-state index is 12.6. The predicted octanol–water partition coefficient (Wildman–Crippen LogP) is 2.67. The number of esters is 1. The van der Waals surface area contributed by atoms with Gasteiger partial charge in [-0.15, -0.1) is 0 Å². The number of carbonyl (C=O) groups excluding carboxylic acids is 2. The highest BCUT2D eigenvalue weighted by molar-refractivity contribution is 5.93. The van der Waals surface area contributed by atoms with Crippen molar-refractivity contribution < 1.29 is 27.5 Å². The Labute approximate surface area is 124 Å². The standard InChI is InChI=1S/C15H14F3NO3/c16-15(17,18)11-4-2-10(3-5-11)14(8-1-9-14)22-13(21)7-6-12(19)20/h2-7H,1,8-9H2,(H2,19,20)/b7-6+. The topological polar surface area (TPSA) is 69.4 Å². The van der Waals surface area contributed by atoms with Crippen LogP contribution in [0.2, 0.25) is 0 Å². The number of rotatable bonds is 4. The zero-order valence-corrected chi connectivity index (χ0v) is 11.5. The summed E-state index contributed by atoms with van der Waals surface area (Å²) >= 11 is 0. The summed E-state index contributed by atoms with van der Waals surface area (Å²) in [6.07, 6.45) is -0.781. The Kier molecular flexibility index (Phi) is 4.25. The fourth-order valence-electron chi connectivity index (χ4n) is 2.29. The summed E-state index contributed by atoms with van der Waals surface area (Å²) < 4.78 is 43.0. The van der Waals surface area contributed by atoms with E-state index in [9.17, 15) is 22.8 Å². The Bertz CT molecular complexity index is 601. The Hall–Kier alpha value is -2.31. The van der Waals surface area contributed by atoms with E-state index in [1.165, 1.54) is 12.1 Å². The van der Waals surface area contributed by atoms with Crippen molar-refractivity contribution in [2.45, 2.75) is 31.0 Å². The number of alkyl halides is 3. The minimum Gasteiger partial charge on any atom is -0.451 e. The lowest BCUT2D eigenvalue weighted by Gasteiger charge is -2.41. The molecule has 1 amide bonds. The molecule has 0 unspecified atom stereocenters. The van der Waals surface area contributed by atoms with Gasteiger partial charge in [-0.1, -0.05) is 12.1 Å². The molecule has 1 aromatic rings. The number of amides is 1. The maximum absolute atomic E-state index is 12.6. The summed E-state index contributed by atoms with van der Waals surface area (Å²) in [7, 11) is 0. The third kappa shape index (κ3) is 3.47. The summed E-state index contributed by atoms with van der Waals surface area (Å²) in [6, 6.07) is 4.55. The molecule has 0 radical (unpaired) electrons. The van der Waals surface area contributed by atoms with Crippen LogP contribution in [0.3, 0.4) is 0 Å². The first kappa shape index (κ1) is 16.1. The quantitative estimate of drug-likeness (QED) is 0.686. The van der Waals surface area contributed by atoms with E-state index in [4.69, 9.17) is 10.5 Å². The van der Waals surface area contributed by atoms with Crippen LogP contribution in [0.15, 0.2) is 36.4 Å². The second-order valence-electron chi connectivity index (χ2n) is 5.08. The third-order valence-corrected chi connectivity index (χ3v) is 3.58. The number of carbonyl (C=O) groups is 2. The fourth-order valence-corrected chi connectivity index (χ4v) is 2.29. The van der Waals surface area contributed by atoms with Crippen LogP contribution in [0, 0.1) is 0 Å². The van der Waals surface area contributed by atoms with Crippen LogP contribution in [0.25, 0.3) is 0 Å². The second kappa shape index (κ2) is 5.82. The van der Waals surface area contributed by atoms with Gasteiger partial charge in [-0.2, -0.15) is 13.2 Å². The van der Waals surface area contributed by atoms with Crippen LogP contribution in [0.5, 0.6) is 0 Å². The van der Waals surface area contributed by atoms with Crippen molar-refractivity contribution in [1.29, 1.82) is 0 Å². The van der Waals surface area contributed by atoms with E-state index in [0.29, 0.717) is 18.4 Å². The lowest BCUT2D eigenvalue weighted by atomic mass is 9.74. The van der Waals surface area contributed by atoms with Crippen molar-refractivity contribution >= 4 is 11.9 Å². The number of primary amides is 1. The van der Waals surface area contributed by atoms with Crippen molar-refractivity contribution in [1.82, 2.24) is 0 Å². The molecule has 1 aromatic carbocycles. The zero-order valence-electron chi connectivity index (χ0n) is 11.5. The maximum Gasteiger partial charge on any atom is 0.416 e. The van der Waals surface area contributed by atoms with Crippen LogP contribution < -0.4 is 5.73 Å². The predicted molar refractivity (Wildman–Crippen MR) is 71.4 cm³/mol. The summed E-state index contributed by atoms with van der Waals surface area (Å²) in [5.74, 6) is -1.53. The zero-order chi connectivity index (χ0) is 16.4. The van der Waals surface area contributed by atoms with Crippen LogP contribution >= 0.6 is 0 Å². The minimum absolute atomic E-state index is 0.507. The first-order chi connectivity index (χ1) is 10.2. The van der Waals surface area contributed by atoms with Crippen molar-refractivity contribution in [3.05, 3.63) is 47.5 Å². The van der Waals surface area contributed by atoms with Crippen LogP contribution in [-0.2, 0) is 26.1 Å². The highest BCUT2D eigenvalue weighted by Gasteiger charge is 2.42. The highest BCUT2D eigenvalue weighted by atomic mass is 19.4. The lowest BCUT2D eigenvalue weighted by Crippen LogP contribution is -2.39. The van der Waals surface area contributed by atoms with E-state index in [-0.39, 0.29) is 0 Å². The van der Waals surface area contributed by atoms with Gasteiger partial charge in [0, 0.05) is 12.2 Å². The molecule has 0 atom stereocenters. The van der Waals surface area contributed by atoms with E-state index in [1.807, 2.05) is 0 Å². The Balaban J connectivity index is 2.17. The molecule has 0 bridgehead atoms. The first-order valence-electron chi connectivity index (χ1n) is 6.61. The highest BCUT2D eigenvalue weighted by Crippen LogP contribution is 2.45. The molecule has 22 heavy (non-hydrogen) atoms. The van der Waals surface area contributed by atoms with Gasteiger partial charge < -0.3 is 10.5 Å². The number of benzene rings is 1. The van der Waals surface area contributed by atoms with E-state index < -0.39 is 29.2 Å². The molecule has 1 saturated carbocycles. The molecule has 118 valence electrons. The largest absolute Gasteiger partial charge is 0.451 e. The number of hydrogen-bond acceptors (Lipinski definition) is 3. The number of ether oxygens (including phenoxy) is 1. The average molecular weight is 313 g/mol. The molecule has 2 N–H and O–H groups in total. The molecule has 0 heterocycles. The van der Waals surface area contributed by atoms with E-state index in [1.54, 1.807) is 0 Å². The first-order valence-corrected chi connectivity index (χ1v) is 6.61. The molecule has 0 aliphatic heterocycles. The number of hydrogen-bond donors (Lipinski definition) is 1. The van der Waals surface area contributed by atoms with Crippen molar-refractivity contribution in [3.63, 3.8) is 0 Å². The SMILES string of the molecule is NC(=O)/C=C/C(=O)OC1(c2ccc(C(F)(F)F)cc2)CCC1. The molecule has 2 rings (SSSR count). The molecular formula is C15H14F3NO3. The molecule has 7 heteroatoms. The van der Waals surface area contributed by atoms with E-state index >= 15 is 0 Å². The van der Waals surface area contributed by atoms with Gasteiger partial charge in [0.1, 0.15) is 5.60 Å². The molecule has 0 saturated heterocycles. The van der Waals surface area contributed by atoms with Gasteiger partial charge >= 0.3 is 12.1 Å². The van der Waals surface area contributed by atoms with Crippen LogP contribution in [0.1, 0.15) is 30.4 Å². The van der Waals surface area contributed by atoms with Gasteiger partial charge in [0.15, 0.2) is 0 Å². The normalized spacial score (nSPS) is 17.0. The lowest BCUT2D eigenvalue weighted by molar-refractivity contribution is -0.165. The molecular weight excluding hydrogens is 299 g/mol. The van der Waals surface area contributed by atoms with Crippen molar-refractivity contribution in [2.24, 2.45) is 5.73 Å². The smallest absolute Gasteiger partial charge is 0.416 e. The summed E-state index contributed by atoms with van der Waals surface area (Å²) in [5, 5.41) is 0. The fraction of sp³-hybridized carbons (Fsp3) is 0.333. The molecule has 1 fully saturated rings. The van der Waals surface area contributed by atoms with E-state index in [2.05, 4.69) is 0 Å². The average Bonchev–Trinajstić information content (AvgIpc) is 2.40. The molecule has 1 aliphatic rings. The van der Waals surface area contributed by atoms with Crippen LogP contribution in [0.4, 0.5) is 13.2 Å². The second-order valence-corrected chi connectivity index (χ2v) is 5.08. The Morgan fingerprint density at radius 2 is 1.73 bits per heavy atom. The number of nitrogens with two attached hydrogens (primary N) is 1. The van der Waals surface area contributed by atoms with Crippen molar-refractivity contribution in [2.75, 3.05) is 0 Å². The van der Waals surface area contributed by atoms with Gasteiger partial charge in [-0.05, 0) is 37.0 Å². The summed E-state index contributed by atoms with van der Waals surface area (Å²) in [4.78, 5) is 22.2. The van der Waals surface area contributed by atoms with Gasteiger partial charge in [0.05, 0.1) is 5.56 Å². The Morgan fingerprint density at radius 3 is 2.14 bits per heavy atom. The molecule has 0 spiro atoms. The van der Waals surface area contributed by atoms with Gasteiger partial charge in [-0.3, -0.25) is 4.79 Å². The summed E-state index contributed by atoms with van der Waals surface area (Å²) in [5.41, 5.74) is 3.70. The molecule has 1 aliphatic carbocycles. The third-order valence-electron chi connectivity index (χ3n) is 3.58. The minimum atomic E-state index is -4.41. The number of halogens is 3.